The van der Waals surface area contributed by atoms with E-state index >= 15 is 0 Å². The summed E-state index contributed by atoms with van der Waals surface area (Å²) in [4.78, 5) is 44.3. The SMILES string of the molecule is CCCCCCCCCC(=O)O[C@H](COCOCCCCCCCNC(C)=O)COP(=O)([O-])[O-].[Na+].[Na+]. The first-order chi connectivity index (χ1) is 16.2. The van der Waals surface area contributed by atoms with Gasteiger partial charge in [0.05, 0.1) is 21.0 Å². The van der Waals surface area contributed by atoms with Gasteiger partial charge in [-0.05, 0) is 19.3 Å². The summed E-state index contributed by atoms with van der Waals surface area (Å²) in [7, 11) is -5.17. The molecule has 1 N–H and O–H groups in total. The summed E-state index contributed by atoms with van der Waals surface area (Å²) in [6, 6.07) is 0. The van der Waals surface area contributed by atoms with Crippen molar-refractivity contribution in [2.45, 2.75) is 103 Å². The number of phosphoric ester groups is 1. The molecule has 0 radical (unpaired) electrons. The van der Waals surface area contributed by atoms with Crippen molar-refractivity contribution in [1.29, 1.82) is 0 Å². The van der Waals surface area contributed by atoms with Crippen molar-refractivity contribution in [1.82, 2.24) is 5.32 Å². The third-order valence-corrected chi connectivity index (χ3v) is 5.48. The van der Waals surface area contributed by atoms with Gasteiger partial charge in [-0.25, -0.2) is 0 Å². The van der Waals surface area contributed by atoms with Crippen LogP contribution in [0.15, 0.2) is 0 Å². The molecule has 0 unspecified atom stereocenters. The fourth-order valence-corrected chi connectivity index (χ4v) is 3.53. The molecule has 0 heterocycles. The van der Waals surface area contributed by atoms with E-state index in [0.717, 1.165) is 51.4 Å². The number of nitrogens with one attached hydrogen (secondary N) is 1. The van der Waals surface area contributed by atoms with Crippen LogP contribution in [0.3, 0.4) is 0 Å². The monoisotopic (exact) mass is 555 g/mol. The predicted molar refractivity (Wildman–Crippen MR) is 125 cm³/mol. The van der Waals surface area contributed by atoms with Crippen LogP contribution in [0.25, 0.3) is 0 Å². The van der Waals surface area contributed by atoms with Gasteiger partial charge in [0.25, 0.3) is 0 Å². The van der Waals surface area contributed by atoms with Crippen LogP contribution in [-0.4, -0.2) is 51.1 Å². The Hall–Kier alpha value is 0.970. The smallest absolute Gasteiger partial charge is 0.790 e. The van der Waals surface area contributed by atoms with Crippen molar-refractivity contribution in [3.63, 3.8) is 0 Å². The molecule has 0 aliphatic carbocycles. The molecule has 0 aromatic heterocycles. The molecule has 13 heteroatoms. The van der Waals surface area contributed by atoms with Crippen molar-refractivity contribution in [2.75, 3.05) is 33.2 Å². The van der Waals surface area contributed by atoms with Crippen LogP contribution in [0, 0.1) is 0 Å². The molecule has 1 atom stereocenters. The molecule has 0 saturated carbocycles. The Morgan fingerprint density at radius 3 is 2.03 bits per heavy atom. The minimum atomic E-state index is -5.17. The summed E-state index contributed by atoms with van der Waals surface area (Å²) >= 11 is 0. The Labute approximate surface area is 261 Å². The van der Waals surface area contributed by atoms with Gasteiger partial charge < -0.3 is 38.4 Å². The van der Waals surface area contributed by atoms with E-state index in [1.807, 2.05) is 0 Å². The van der Waals surface area contributed by atoms with Crippen LogP contribution in [0.4, 0.5) is 0 Å². The van der Waals surface area contributed by atoms with E-state index in [2.05, 4.69) is 16.8 Å². The molecule has 0 aromatic rings. The largest absolute Gasteiger partial charge is 1.00 e. The van der Waals surface area contributed by atoms with Gasteiger partial charge in [0.2, 0.25) is 5.91 Å². The Bertz CT molecular complexity index is 568. The molecular weight excluding hydrogens is 511 g/mol. The zero-order valence-electron chi connectivity index (χ0n) is 22.9. The first kappa shape index (κ1) is 41.5. The maximum atomic E-state index is 12.0. The number of rotatable bonds is 24. The number of unbranched alkanes of at least 4 members (excludes halogenated alkanes) is 10. The maximum Gasteiger partial charge on any atom is 1.00 e. The van der Waals surface area contributed by atoms with Crippen molar-refractivity contribution >= 4 is 19.7 Å². The minimum absolute atomic E-state index is 0. The summed E-state index contributed by atoms with van der Waals surface area (Å²) in [6.45, 7) is 4.11. The van der Waals surface area contributed by atoms with E-state index < -0.39 is 26.5 Å². The van der Waals surface area contributed by atoms with Gasteiger partial charge in [-0.3, -0.25) is 9.59 Å². The van der Waals surface area contributed by atoms with Crippen LogP contribution < -0.4 is 74.2 Å². The number of phosphoric acid groups is 1. The van der Waals surface area contributed by atoms with Gasteiger partial charge in [-0.2, -0.15) is 0 Å². The van der Waals surface area contributed by atoms with Gasteiger partial charge in [0.1, 0.15) is 12.9 Å². The molecular formula is C23H44NNa2O9P. The second-order valence-corrected chi connectivity index (χ2v) is 9.53. The topological polar surface area (TPSA) is 146 Å². The van der Waals surface area contributed by atoms with Gasteiger partial charge in [-0.15, -0.1) is 0 Å². The van der Waals surface area contributed by atoms with Crippen LogP contribution in [0.5, 0.6) is 0 Å². The van der Waals surface area contributed by atoms with Crippen molar-refractivity contribution in [2.24, 2.45) is 0 Å². The fraction of sp³-hybridized carbons (Fsp3) is 0.913. The average molecular weight is 556 g/mol. The standard InChI is InChI=1S/C23H46NO9P.2Na/c1-3-4-5-6-7-9-12-15-23(26)33-22(19-32-34(27,28)29)18-31-20-30-17-14-11-8-10-13-16-24-21(2)25;;/h22H,3-20H2,1-2H3,(H,24,25)(H2,27,28,29);;/q;2*+1/p-2/t22-;;/m1../s1. The predicted octanol–water partition coefficient (Wildman–Crippen LogP) is -3.03. The number of esters is 1. The van der Waals surface area contributed by atoms with Crippen LogP contribution in [0.2, 0.25) is 0 Å². The molecule has 202 valence electrons. The van der Waals surface area contributed by atoms with Crippen molar-refractivity contribution < 1.29 is 102 Å². The van der Waals surface area contributed by atoms with E-state index in [1.54, 1.807) is 0 Å². The first-order valence-electron chi connectivity index (χ1n) is 12.5. The number of carbonyl (C=O) groups excluding carboxylic acids is 2. The van der Waals surface area contributed by atoms with E-state index in [1.165, 1.54) is 26.2 Å². The molecule has 1 amide bonds. The van der Waals surface area contributed by atoms with Crippen molar-refractivity contribution in [3.05, 3.63) is 0 Å². The number of amides is 1. The molecule has 0 aromatic carbocycles. The number of ether oxygens (including phenoxy) is 3. The fourth-order valence-electron chi connectivity index (χ4n) is 3.18. The molecule has 0 spiro atoms. The summed E-state index contributed by atoms with van der Waals surface area (Å²) in [5.74, 6) is -0.489. The minimum Gasteiger partial charge on any atom is -0.790 e. The van der Waals surface area contributed by atoms with Gasteiger partial charge in [0, 0.05) is 26.5 Å². The van der Waals surface area contributed by atoms with Gasteiger partial charge in [-0.1, -0.05) is 64.7 Å². The Kier molecular flexibility index (Phi) is 33.4. The average Bonchev–Trinajstić information content (AvgIpc) is 2.76. The quantitative estimate of drug-likeness (QED) is 0.0432. The van der Waals surface area contributed by atoms with E-state index in [0.29, 0.717) is 19.6 Å². The van der Waals surface area contributed by atoms with E-state index in [9.17, 15) is 23.9 Å². The van der Waals surface area contributed by atoms with Crippen molar-refractivity contribution in [3.8, 4) is 0 Å². The Balaban J connectivity index is -0.00000544. The molecule has 0 rings (SSSR count). The van der Waals surface area contributed by atoms with E-state index in [4.69, 9.17) is 14.2 Å². The summed E-state index contributed by atoms with van der Waals surface area (Å²) < 4.78 is 30.9. The zero-order valence-corrected chi connectivity index (χ0v) is 27.8. The maximum absolute atomic E-state index is 12.0. The molecule has 0 aliphatic rings. The molecule has 36 heavy (non-hydrogen) atoms. The summed E-state index contributed by atoms with van der Waals surface area (Å²) in [5, 5.41) is 2.76. The Morgan fingerprint density at radius 1 is 0.833 bits per heavy atom. The summed E-state index contributed by atoms with van der Waals surface area (Å²) in [5.41, 5.74) is 0. The van der Waals surface area contributed by atoms with Crippen LogP contribution >= 0.6 is 7.82 Å². The molecule has 10 nitrogen and oxygen atoms in total. The first-order valence-corrected chi connectivity index (χ1v) is 14.0. The molecule has 0 aliphatic heterocycles. The van der Waals surface area contributed by atoms with E-state index in [-0.39, 0.29) is 84.8 Å². The normalized spacial score (nSPS) is 11.8. The Morgan fingerprint density at radius 2 is 1.42 bits per heavy atom. The number of hydrogen-bond donors (Lipinski definition) is 1. The number of carbonyl (C=O) groups is 2. The van der Waals surface area contributed by atoms with Gasteiger partial charge in [0.15, 0.2) is 0 Å². The summed E-state index contributed by atoms with van der Waals surface area (Å²) in [6.07, 6.45) is 11.5. The third kappa shape index (κ3) is 33.0. The van der Waals surface area contributed by atoms with Crippen LogP contribution in [0.1, 0.15) is 97.3 Å². The zero-order chi connectivity index (χ0) is 25.5. The van der Waals surface area contributed by atoms with Crippen LogP contribution in [-0.2, 0) is 32.9 Å². The molecule has 0 bridgehead atoms. The second-order valence-electron chi connectivity index (χ2n) is 8.37. The third-order valence-electron chi connectivity index (χ3n) is 5.01. The van der Waals surface area contributed by atoms with Gasteiger partial charge >= 0.3 is 65.1 Å². The second kappa shape index (κ2) is 29.0. The number of hydrogen-bond acceptors (Lipinski definition) is 9. The molecule has 0 fully saturated rings. The molecule has 0 saturated heterocycles.